The Morgan fingerprint density at radius 3 is 2.65 bits per heavy atom. The molecule has 0 fully saturated rings. The number of methoxy groups -OCH3 is 1. The van der Waals surface area contributed by atoms with Gasteiger partial charge in [0.05, 0.1) is 13.2 Å². The first kappa shape index (κ1) is 13.7. The van der Waals surface area contributed by atoms with Crippen molar-refractivity contribution in [1.82, 2.24) is 0 Å². The van der Waals surface area contributed by atoms with E-state index < -0.39 is 11.6 Å². The highest BCUT2D eigenvalue weighted by molar-refractivity contribution is 5.79. The first-order valence-corrected chi connectivity index (χ1v) is 5.44. The van der Waals surface area contributed by atoms with Crippen molar-refractivity contribution in [3.8, 4) is 0 Å². The van der Waals surface area contributed by atoms with Gasteiger partial charge in [-0.2, -0.15) is 0 Å². The molecule has 94 valence electrons. The lowest BCUT2D eigenvalue weighted by Crippen LogP contribution is -2.36. The molecule has 0 aromatic heterocycles. The van der Waals surface area contributed by atoms with Gasteiger partial charge in [-0.3, -0.25) is 0 Å². The van der Waals surface area contributed by atoms with Crippen LogP contribution in [0.2, 0.25) is 0 Å². The van der Waals surface area contributed by atoms with Crippen molar-refractivity contribution >= 4 is 5.97 Å². The molecule has 0 radical (unpaired) electrons. The number of carboxylic acids is 1. The van der Waals surface area contributed by atoms with E-state index in [9.17, 15) is 9.90 Å². The van der Waals surface area contributed by atoms with Gasteiger partial charge in [-0.1, -0.05) is 29.8 Å². The van der Waals surface area contributed by atoms with Gasteiger partial charge in [-0.15, -0.1) is 0 Å². The summed E-state index contributed by atoms with van der Waals surface area (Å²) in [5, 5.41) is 9.31. The number of carbonyl (C=O) groups is 1. The zero-order valence-corrected chi connectivity index (χ0v) is 10.4. The molecule has 0 saturated carbocycles. The SMILES string of the molecule is COCCOC(C)(C(=O)O)c1cccc(C)c1. The Bertz CT molecular complexity index is 389. The first-order chi connectivity index (χ1) is 8.00. The molecular weight excluding hydrogens is 220 g/mol. The molecular formula is C13H18O4. The van der Waals surface area contributed by atoms with Crippen molar-refractivity contribution < 1.29 is 19.4 Å². The highest BCUT2D eigenvalue weighted by atomic mass is 16.5. The minimum absolute atomic E-state index is 0.243. The summed E-state index contributed by atoms with van der Waals surface area (Å²) in [6.07, 6.45) is 0. The molecule has 1 atom stereocenters. The quantitative estimate of drug-likeness (QED) is 0.770. The van der Waals surface area contributed by atoms with Crippen molar-refractivity contribution in [1.29, 1.82) is 0 Å². The van der Waals surface area contributed by atoms with Gasteiger partial charge in [0.2, 0.25) is 0 Å². The van der Waals surface area contributed by atoms with Crippen molar-refractivity contribution in [3.63, 3.8) is 0 Å². The van der Waals surface area contributed by atoms with Crippen LogP contribution >= 0.6 is 0 Å². The number of benzene rings is 1. The number of hydrogen-bond donors (Lipinski definition) is 1. The first-order valence-electron chi connectivity index (χ1n) is 5.44. The fourth-order valence-electron chi connectivity index (χ4n) is 1.54. The van der Waals surface area contributed by atoms with Gasteiger partial charge in [0.1, 0.15) is 0 Å². The van der Waals surface area contributed by atoms with Crippen LogP contribution in [-0.4, -0.2) is 31.4 Å². The average molecular weight is 238 g/mol. The van der Waals surface area contributed by atoms with Gasteiger partial charge >= 0.3 is 5.97 Å². The van der Waals surface area contributed by atoms with E-state index in [0.29, 0.717) is 12.2 Å². The van der Waals surface area contributed by atoms with E-state index in [2.05, 4.69) is 0 Å². The zero-order valence-electron chi connectivity index (χ0n) is 10.4. The lowest BCUT2D eigenvalue weighted by atomic mass is 9.94. The van der Waals surface area contributed by atoms with Crippen molar-refractivity contribution in [2.24, 2.45) is 0 Å². The Morgan fingerprint density at radius 2 is 2.12 bits per heavy atom. The molecule has 0 aliphatic carbocycles. The maximum Gasteiger partial charge on any atom is 0.340 e. The maximum absolute atomic E-state index is 11.4. The molecule has 0 aliphatic rings. The van der Waals surface area contributed by atoms with Crippen LogP contribution in [0.3, 0.4) is 0 Å². The predicted octanol–water partition coefficient (Wildman–Crippen LogP) is 1.96. The zero-order chi connectivity index (χ0) is 12.9. The summed E-state index contributed by atoms with van der Waals surface area (Å²) in [7, 11) is 1.55. The summed E-state index contributed by atoms with van der Waals surface area (Å²) in [5.74, 6) is -1.00. The third-order valence-electron chi connectivity index (χ3n) is 2.66. The Morgan fingerprint density at radius 1 is 1.41 bits per heavy atom. The number of ether oxygens (including phenoxy) is 2. The fourth-order valence-corrected chi connectivity index (χ4v) is 1.54. The van der Waals surface area contributed by atoms with Crippen LogP contribution in [0, 0.1) is 6.92 Å². The fraction of sp³-hybridized carbons (Fsp3) is 0.462. The van der Waals surface area contributed by atoms with E-state index in [1.54, 1.807) is 20.1 Å². The lowest BCUT2D eigenvalue weighted by Gasteiger charge is -2.26. The van der Waals surface area contributed by atoms with E-state index >= 15 is 0 Å². The molecule has 17 heavy (non-hydrogen) atoms. The Kier molecular flexibility index (Phi) is 4.66. The van der Waals surface area contributed by atoms with E-state index in [1.807, 2.05) is 25.1 Å². The van der Waals surface area contributed by atoms with Crippen molar-refractivity contribution in [2.45, 2.75) is 19.4 Å². The number of carboxylic acid groups (broad SMARTS) is 1. The summed E-state index contributed by atoms with van der Waals surface area (Å²) in [4.78, 5) is 11.4. The number of rotatable bonds is 6. The van der Waals surface area contributed by atoms with Gasteiger partial charge in [-0.05, 0) is 19.4 Å². The molecule has 1 rings (SSSR count). The normalized spacial score (nSPS) is 14.3. The summed E-state index contributed by atoms with van der Waals surface area (Å²) in [6, 6.07) is 7.32. The van der Waals surface area contributed by atoms with Crippen LogP contribution in [0.1, 0.15) is 18.1 Å². The largest absolute Gasteiger partial charge is 0.479 e. The van der Waals surface area contributed by atoms with Crippen molar-refractivity contribution in [3.05, 3.63) is 35.4 Å². The van der Waals surface area contributed by atoms with Crippen LogP contribution in [0.5, 0.6) is 0 Å². The second-order valence-corrected chi connectivity index (χ2v) is 4.05. The topological polar surface area (TPSA) is 55.8 Å². The summed E-state index contributed by atoms with van der Waals surface area (Å²) in [6.45, 7) is 4.09. The monoisotopic (exact) mass is 238 g/mol. The maximum atomic E-state index is 11.4. The van der Waals surface area contributed by atoms with E-state index in [4.69, 9.17) is 9.47 Å². The lowest BCUT2D eigenvalue weighted by molar-refractivity contribution is -0.166. The summed E-state index contributed by atoms with van der Waals surface area (Å²) in [5.41, 5.74) is 0.316. The standard InChI is InChI=1S/C13H18O4/c1-10-5-4-6-11(9-10)13(2,12(14)15)17-8-7-16-3/h4-6,9H,7-8H2,1-3H3,(H,14,15). The highest BCUT2D eigenvalue weighted by Crippen LogP contribution is 2.26. The minimum Gasteiger partial charge on any atom is -0.479 e. The average Bonchev–Trinajstić information content (AvgIpc) is 2.29. The van der Waals surface area contributed by atoms with E-state index in [1.165, 1.54) is 0 Å². The molecule has 0 amide bonds. The Labute approximate surface area is 101 Å². The summed E-state index contributed by atoms with van der Waals surface area (Å²) < 4.78 is 10.3. The number of aryl methyl sites for hydroxylation is 1. The van der Waals surface area contributed by atoms with Gasteiger partial charge in [0.15, 0.2) is 5.60 Å². The Balaban J connectivity index is 2.95. The second-order valence-electron chi connectivity index (χ2n) is 4.05. The van der Waals surface area contributed by atoms with Crippen LogP contribution in [0.4, 0.5) is 0 Å². The third-order valence-corrected chi connectivity index (χ3v) is 2.66. The van der Waals surface area contributed by atoms with Gasteiger partial charge in [-0.25, -0.2) is 4.79 Å². The number of aliphatic carboxylic acids is 1. The molecule has 0 bridgehead atoms. The van der Waals surface area contributed by atoms with Crippen LogP contribution in [0.15, 0.2) is 24.3 Å². The Hall–Kier alpha value is -1.39. The predicted molar refractivity (Wildman–Crippen MR) is 64.0 cm³/mol. The minimum atomic E-state index is -1.33. The van der Waals surface area contributed by atoms with Gasteiger partial charge in [0.25, 0.3) is 0 Å². The molecule has 4 nitrogen and oxygen atoms in total. The molecule has 0 aliphatic heterocycles. The van der Waals surface area contributed by atoms with Crippen molar-refractivity contribution in [2.75, 3.05) is 20.3 Å². The van der Waals surface area contributed by atoms with E-state index in [-0.39, 0.29) is 6.61 Å². The molecule has 1 N–H and O–H groups in total. The highest BCUT2D eigenvalue weighted by Gasteiger charge is 2.36. The molecule has 0 saturated heterocycles. The molecule has 0 heterocycles. The third kappa shape index (κ3) is 3.28. The van der Waals surface area contributed by atoms with Crippen LogP contribution in [-0.2, 0) is 19.9 Å². The van der Waals surface area contributed by atoms with E-state index in [0.717, 1.165) is 5.56 Å². The molecule has 4 heteroatoms. The smallest absolute Gasteiger partial charge is 0.340 e. The van der Waals surface area contributed by atoms with Crippen LogP contribution < -0.4 is 0 Å². The number of hydrogen-bond acceptors (Lipinski definition) is 3. The van der Waals surface area contributed by atoms with Crippen LogP contribution in [0.25, 0.3) is 0 Å². The summed E-state index contributed by atoms with van der Waals surface area (Å²) >= 11 is 0. The van der Waals surface area contributed by atoms with Gasteiger partial charge < -0.3 is 14.6 Å². The second kappa shape index (κ2) is 5.80. The molecule has 1 aromatic rings. The molecule has 1 unspecified atom stereocenters. The molecule has 1 aromatic carbocycles. The van der Waals surface area contributed by atoms with Gasteiger partial charge in [0, 0.05) is 7.11 Å². The molecule has 0 spiro atoms.